The highest BCUT2D eigenvalue weighted by Crippen LogP contribution is 2.28. The van der Waals surface area contributed by atoms with Crippen LogP contribution >= 0.6 is 15.9 Å². The maximum absolute atomic E-state index is 5.40. The van der Waals surface area contributed by atoms with Gasteiger partial charge < -0.3 is 10.5 Å². The highest BCUT2D eigenvalue weighted by molar-refractivity contribution is 9.10. The molecular formula is C8H11BrN4O. The quantitative estimate of drug-likeness (QED) is 0.318. The van der Waals surface area contributed by atoms with E-state index in [4.69, 9.17) is 16.3 Å². The lowest BCUT2D eigenvalue weighted by Crippen LogP contribution is -2.36. The molecule has 0 atom stereocenters. The van der Waals surface area contributed by atoms with E-state index in [-0.39, 0.29) is 5.96 Å². The van der Waals surface area contributed by atoms with E-state index in [1.165, 1.54) is 0 Å². The zero-order chi connectivity index (χ0) is 10.6. The Morgan fingerprint density at radius 2 is 2.29 bits per heavy atom. The lowest BCUT2D eigenvalue weighted by Gasteiger charge is -2.04. The second-order valence-electron chi connectivity index (χ2n) is 2.46. The van der Waals surface area contributed by atoms with Gasteiger partial charge >= 0.3 is 0 Å². The van der Waals surface area contributed by atoms with Crippen molar-refractivity contribution in [2.24, 2.45) is 16.6 Å². The van der Waals surface area contributed by atoms with E-state index in [1.807, 2.05) is 6.07 Å². The molecule has 76 valence electrons. The number of aliphatic imine (C=N–C) groups is 1. The Labute approximate surface area is 90.2 Å². The van der Waals surface area contributed by atoms with Crippen molar-refractivity contribution in [1.29, 1.82) is 0 Å². The number of halogens is 1. The molecule has 0 bridgehead atoms. The largest absolute Gasteiger partial charge is 0.495 e. The minimum absolute atomic E-state index is 0.148. The number of guanidine groups is 1. The summed E-state index contributed by atoms with van der Waals surface area (Å²) in [7, 11) is 1.58. The highest BCUT2D eigenvalue weighted by atomic mass is 79.9. The number of ether oxygens (including phenoxy) is 1. The van der Waals surface area contributed by atoms with Crippen molar-refractivity contribution >= 4 is 27.6 Å². The molecule has 0 amide bonds. The molecule has 14 heavy (non-hydrogen) atoms. The average Bonchev–Trinajstić information content (AvgIpc) is 2.20. The normalized spacial score (nSPS) is 11.2. The first-order valence-corrected chi connectivity index (χ1v) is 4.61. The number of methoxy groups -OCH3 is 1. The van der Waals surface area contributed by atoms with Gasteiger partial charge in [-0.15, -0.1) is 0 Å². The summed E-state index contributed by atoms with van der Waals surface area (Å²) >= 11 is 3.33. The lowest BCUT2D eigenvalue weighted by molar-refractivity contribution is 0.412. The number of hydrazine groups is 1. The van der Waals surface area contributed by atoms with E-state index in [1.54, 1.807) is 19.2 Å². The van der Waals surface area contributed by atoms with E-state index >= 15 is 0 Å². The molecule has 0 saturated carbocycles. The highest BCUT2D eigenvalue weighted by Gasteiger charge is 2.00. The van der Waals surface area contributed by atoms with E-state index in [0.29, 0.717) is 11.4 Å². The minimum atomic E-state index is 0.148. The van der Waals surface area contributed by atoms with Gasteiger partial charge in [0.25, 0.3) is 0 Å². The van der Waals surface area contributed by atoms with Gasteiger partial charge in [0.2, 0.25) is 5.96 Å². The summed E-state index contributed by atoms with van der Waals surface area (Å²) in [5, 5.41) is 0. The van der Waals surface area contributed by atoms with Crippen LogP contribution in [0, 0.1) is 0 Å². The van der Waals surface area contributed by atoms with Crippen LogP contribution in [-0.4, -0.2) is 13.1 Å². The molecule has 0 fully saturated rings. The third-order valence-electron chi connectivity index (χ3n) is 1.53. The van der Waals surface area contributed by atoms with Crippen molar-refractivity contribution in [3.63, 3.8) is 0 Å². The van der Waals surface area contributed by atoms with Crippen molar-refractivity contribution in [3.05, 3.63) is 22.7 Å². The molecule has 6 heteroatoms. The van der Waals surface area contributed by atoms with Gasteiger partial charge in [-0.05, 0) is 28.1 Å². The van der Waals surface area contributed by atoms with Crippen LogP contribution in [0.15, 0.2) is 27.7 Å². The molecule has 0 saturated heterocycles. The minimum Gasteiger partial charge on any atom is -0.495 e. The van der Waals surface area contributed by atoms with E-state index in [9.17, 15) is 0 Å². The van der Waals surface area contributed by atoms with Crippen molar-refractivity contribution in [2.75, 3.05) is 7.11 Å². The Hall–Kier alpha value is -1.27. The summed E-state index contributed by atoms with van der Waals surface area (Å²) in [5.41, 5.74) is 8.30. The van der Waals surface area contributed by atoms with Crippen LogP contribution in [0.4, 0.5) is 5.69 Å². The Morgan fingerprint density at radius 1 is 1.57 bits per heavy atom. The molecule has 0 heterocycles. The smallest absolute Gasteiger partial charge is 0.208 e. The van der Waals surface area contributed by atoms with Crippen molar-refractivity contribution in [3.8, 4) is 5.75 Å². The second kappa shape index (κ2) is 4.83. The van der Waals surface area contributed by atoms with Gasteiger partial charge in [-0.25, -0.2) is 10.8 Å². The summed E-state index contributed by atoms with van der Waals surface area (Å²) in [6, 6.07) is 5.35. The fraction of sp³-hybridized carbons (Fsp3) is 0.125. The Morgan fingerprint density at radius 3 is 2.86 bits per heavy atom. The van der Waals surface area contributed by atoms with Crippen LogP contribution in [-0.2, 0) is 0 Å². The van der Waals surface area contributed by atoms with Crippen LogP contribution in [0.25, 0.3) is 0 Å². The summed E-state index contributed by atoms with van der Waals surface area (Å²) in [6.45, 7) is 0. The Bertz CT molecular complexity index is 353. The summed E-state index contributed by atoms with van der Waals surface area (Å²) in [6.07, 6.45) is 0. The number of nitrogens with one attached hydrogen (secondary N) is 1. The number of nitrogens with two attached hydrogens (primary N) is 2. The maximum Gasteiger partial charge on any atom is 0.208 e. The van der Waals surface area contributed by atoms with Gasteiger partial charge in [0, 0.05) is 6.07 Å². The zero-order valence-corrected chi connectivity index (χ0v) is 9.21. The van der Waals surface area contributed by atoms with Gasteiger partial charge in [-0.2, -0.15) is 0 Å². The predicted molar refractivity (Wildman–Crippen MR) is 59.3 cm³/mol. The first-order chi connectivity index (χ1) is 6.67. The van der Waals surface area contributed by atoms with Gasteiger partial charge in [0.15, 0.2) is 0 Å². The third-order valence-corrected chi connectivity index (χ3v) is 2.19. The van der Waals surface area contributed by atoms with Crippen LogP contribution in [0.3, 0.4) is 0 Å². The van der Waals surface area contributed by atoms with Crippen molar-refractivity contribution in [1.82, 2.24) is 5.43 Å². The van der Waals surface area contributed by atoms with E-state index in [2.05, 4.69) is 26.3 Å². The zero-order valence-electron chi connectivity index (χ0n) is 7.62. The molecule has 0 aliphatic carbocycles. The van der Waals surface area contributed by atoms with Crippen molar-refractivity contribution in [2.45, 2.75) is 0 Å². The molecule has 5 N–H and O–H groups in total. The van der Waals surface area contributed by atoms with E-state index in [0.717, 1.165) is 4.47 Å². The molecule has 1 rings (SSSR count). The second-order valence-corrected chi connectivity index (χ2v) is 3.31. The fourth-order valence-electron chi connectivity index (χ4n) is 0.889. The number of benzene rings is 1. The van der Waals surface area contributed by atoms with Gasteiger partial charge in [0.1, 0.15) is 5.75 Å². The Balaban J connectivity index is 3.01. The molecule has 1 aromatic rings. The summed E-state index contributed by atoms with van der Waals surface area (Å²) in [4.78, 5) is 3.98. The fourth-order valence-corrected chi connectivity index (χ4v) is 1.30. The molecular weight excluding hydrogens is 248 g/mol. The standard InChI is InChI=1S/C8H11BrN4O/c1-14-7-4-5(2-3-6(7)9)12-8(10)13-11/h2-4H,11H2,1H3,(H3,10,12,13). The molecule has 0 aromatic heterocycles. The SMILES string of the molecule is COc1cc(N=C(N)NN)ccc1Br. The number of hydrogen-bond acceptors (Lipinski definition) is 3. The molecule has 1 aromatic carbocycles. The molecule has 0 aliphatic heterocycles. The molecule has 5 nitrogen and oxygen atoms in total. The van der Waals surface area contributed by atoms with Gasteiger partial charge in [-0.3, -0.25) is 5.43 Å². The van der Waals surface area contributed by atoms with Crippen LogP contribution in [0.1, 0.15) is 0 Å². The Kier molecular flexibility index (Phi) is 3.73. The van der Waals surface area contributed by atoms with Crippen LogP contribution in [0.2, 0.25) is 0 Å². The van der Waals surface area contributed by atoms with E-state index < -0.39 is 0 Å². The number of hydrogen-bond donors (Lipinski definition) is 3. The summed E-state index contributed by atoms with van der Waals surface area (Å²) < 4.78 is 5.95. The van der Waals surface area contributed by atoms with Gasteiger partial charge in [0.05, 0.1) is 17.3 Å². The predicted octanol–water partition coefficient (Wildman–Crippen LogP) is 0.867. The monoisotopic (exact) mass is 258 g/mol. The third kappa shape index (κ3) is 2.61. The number of nitrogens with zero attached hydrogens (tertiary/aromatic N) is 1. The maximum atomic E-state index is 5.40. The summed E-state index contributed by atoms with van der Waals surface area (Å²) in [5.74, 6) is 5.91. The van der Waals surface area contributed by atoms with Crippen LogP contribution in [0.5, 0.6) is 5.75 Å². The number of rotatable bonds is 2. The van der Waals surface area contributed by atoms with Crippen molar-refractivity contribution < 1.29 is 4.74 Å². The topological polar surface area (TPSA) is 85.7 Å². The molecule has 0 aliphatic rings. The van der Waals surface area contributed by atoms with Gasteiger partial charge in [-0.1, -0.05) is 0 Å². The lowest BCUT2D eigenvalue weighted by atomic mass is 10.3. The first-order valence-electron chi connectivity index (χ1n) is 3.81. The molecule has 0 unspecified atom stereocenters. The average molecular weight is 259 g/mol. The van der Waals surface area contributed by atoms with Crippen LogP contribution < -0.4 is 21.7 Å². The molecule has 0 spiro atoms. The first kappa shape index (κ1) is 10.8. The molecule has 0 radical (unpaired) electrons.